The fourth-order valence-electron chi connectivity index (χ4n) is 3.99. The lowest BCUT2D eigenvalue weighted by Crippen LogP contribution is -2.25. The van der Waals surface area contributed by atoms with Crippen LogP contribution in [0.3, 0.4) is 0 Å². The van der Waals surface area contributed by atoms with Crippen molar-refractivity contribution in [2.45, 2.75) is 38.9 Å². The van der Waals surface area contributed by atoms with Gasteiger partial charge in [0.25, 0.3) is 0 Å². The number of imidazole rings is 1. The van der Waals surface area contributed by atoms with Gasteiger partial charge in [-0.05, 0) is 23.3 Å². The van der Waals surface area contributed by atoms with Gasteiger partial charge in [-0.3, -0.25) is 9.48 Å². The van der Waals surface area contributed by atoms with Crippen LogP contribution in [-0.2, 0) is 25.2 Å². The van der Waals surface area contributed by atoms with E-state index < -0.39 is 29.6 Å². The Hall–Kier alpha value is -4.75. The molecule has 39 heavy (non-hydrogen) atoms. The lowest BCUT2D eigenvalue weighted by atomic mass is 9.96. The minimum atomic E-state index is -4.69. The number of hydrogen-bond donors (Lipinski definition) is 3. The Bertz CT molecular complexity index is 1690. The van der Waals surface area contributed by atoms with E-state index in [1.165, 1.54) is 23.0 Å². The summed E-state index contributed by atoms with van der Waals surface area (Å²) in [5.74, 6) is -0.150. The minimum absolute atomic E-state index is 0.133. The predicted octanol–water partition coefficient (Wildman–Crippen LogP) is 4.24. The number of alkyl halides is 3. The molecule has 0 spiro atoms. The van der Waals surface area contributed by atoms with E-state index in [0.29, 0.717) is 33.9 Å². The Labute approximate surface area is 219 Å². The van der Waals surface area contributed by atoms with Crippen molar-refractivity contribution in [3.8, 4) is 22.5 Å². The van der Waals surface area contributed by atoms with E-state index in [1.807, 2.05) is 20.8 Å². The van der Waals surface area contributed by atoms with Gasteiger partial charge in [0.05, 0.1) is 11.1 Å². The minimum Gasteiger partial charge on any atom is -0.382 e. The van der Waals surface area contributed by atoms with E-state index in [4.69, 9.17) is 10.3 Å². The number of benzene rings is 1. The van der Waals surface area contributed by atoms with E-state index in [2.05, 4.69) is 35.5 Å². The van der Waals surface area contributed by atoms with Gasteiger partial charge in [0.2, 0.25) is 0 Å². The number of rotatable bonds is 5. The van der Waals surface area contributed by atoms with E-state index in [9.17, 15) is 18.0 Å². The number of nitrogen functional groups attached to an aromatic ring is 1. The van der Waals surface area contributed by atoms with Crippen LogP contribution in [0.2, 0.25) is 0 Å². The molecule has 0 atom stereocenters. The van der Waals surface area contributed by atoms with Crippen LogP contribution in [0.5, 0.6) is 0 Å². The highest BCUT2D eigenvalue weighted by atomic mass is 19.4. The highest BCUT2D eigenvalue weighted by Gasteiger charge is 2.34. The third kappa shape index (κ3) is 5.04. The van der Waals surface area contributed by atoms with Gasteiger partial charge in [-0.25, -0.2) is 9.97 Å². The van der Waals surface area contributed by atoms with Gasteiger partial charge in [-0.2, -0.15) is 23.3 Å². The Kier molecular flexibility index (Phi) is 6.12. The lowest BCUT2D eigenvalue weighted by molar-refractivity contribution is -0.138. The van der Waals surface area contributed by atoms with Gasteiger partial charge in [-0.1, -0.05) is 38.1 Å². The number of hydrogen-bond acceptors (Lipinski definition) is 8. The van der Waals surface area contributed by atoms with Crippen LogP contribution in [0.1, 0.15) is 48.4 Å². The Morgan fingerprint density at radius 3 is 2.56 bits per heavy atom. The molecule has 11 nitrogen and oxygen atoms in total. The molecular formula is C25H24F3N9O2. The molecule has 0 bridgehead atoms. The summed E-state index contributed by atoms with van der Waals surface area (Å²) in [4.78, 5) is 28.4. The molecule has 0 radical (unpaired) electrons. The van der Waals surface area contributed by atoms with E-state index in [0.717, 1.165) is 6.07 Å². The second kappa shape index (κ2) is 9.22. The second-order valence-electron chi connectivity index (χ2n) is 9.97. The standard InChI is InChI=1S/C25H24F3N9O2/c1-24(2,3)23-34-22(39-36-23)21(38)31-10-13-6-5-12(9-16(13)25(26,27)28)14-7-8-30-20-17(14)32-19(33-20)15-11-37(4)35-18(15)29/h5-9,11H,10H2,1-4H3,(H2,29,35)(H,31,38)(H,30,32,33). The second-order valence-corrected chi connectivity index (χ2v) is 9.97. The third-order valence-corrected chi connectivity index (χ3v) is 5.95. The zero-order valence-electron chi connectivity index (χ0n) is 21.4. The van der Waals surface area contributed by atoms with Crippen LogP contribution < -0.4 is 11.1 Å². The van der Waals surface area contributed by atoms with E-state index >= 15 is 0 Å². The average molecular weight is 540 g/mol. The summed E-state index contributed by atoms with van der Waals surface area (Å²) in [5, 5.41) is 10.3. The number of halogens is 3. The molecule has 0 saturated carbocycles. The quantitative estimate of drug-likeness (QED) is 0.300. The molecular weight excluding hydrogens is 515 g/mol. The van der Waals surface area contributed by atoms with Gasteiger partial charge >= 0.3 is 18.0 Å². The summed E-state index contributed by atoms with van der Waals surface area (Å²) in [6.07, 6.45) is -1.54. The summed E-state index contributed by atoms with van der Waals surface area (Å²) >= 11 is 0. The molecule has 0 saturated heterocycles. The Morgan fingerprint density at radius 1 is 1.15 bits per heavy atom. The van der Waals surface area contributed by atoms with Crippen LogP contribution in [-0.4, -0.2) is 40.8 Å². The van der Waals surface area contributed by atoms with Gasteiger partial charge in [0.15, 0.2) is 17.3 Å². The number of nitrogens with one attached hydrogen (secondary N) is 2. The van der Waals surface area contributed by atoms with Crippen molar-refractivity contribution in [2.75, 3.05) is 5.73 Å². The van der Waals surface area contributed by atoms with Gasteiger partial charge < -0.3 is 20.6 Å². The van der Waals surface area contributed by atoms with Crippen LogP contribution in [0.4, 0.5) is 19.0 Å². The van der Waals surface area contributed by atoms with Gasteiger partial charge in [0.1, 0.15) is 11.3 Å². The molecule has 0 aliphatic rings. The topological polar surface area (TPSA) is 153 Å². The number of aromatic amines is 1. The van der Waals surface area contributed by atoms with Crippen molar-refractivity contribution in [3.63, 3.8) is 0 Å². The fourth-order valence-corrected chi connectivity index (χ4v) is 3.99. The monoisotopic (exact) mass is 539 g/mol. The highest BCUT2D eigenvalue weighted by Crippen LogP contribution is 2.37. The molecule has 4 heterocycles. The predicted molar refractivity (Wildman–Crippen MR) is 135 cm³/mol. The Balaban J connectivity index is 1.46. The van der Waals surface area contributed by atoms with Crippen LogP contribution >= 0.6 is 0 Å². The molecule has 0 aliphatic heterocycles. The maximum absolute atomic E-state index is 14.1. The van der Waals surface area contributed by atoms with Gasteiger partial charge in [0, 0.05) is 37.0 Å². The number of carbonyl (C=O) groups excluding carboxylic acids is 1. The first-order valence-corrected chi connectivity index (χ1v) is 11.8. The number of aryl methyl sites for hydroxylation is 1. The van der Waals surface area contributed by atoms with Crippen molar-refractivity contribution in [1.29, 1.82) is 0 Å². The van der Waals surface area contributed by atoms with E-state index in [-0.39, 0.29) is 22.8 Å². The fraction of sp³-hybridized carbons (Fsp3) is 0.280. The van der Waals surface area contributed by atoms with Gasteiger partial charge in [-0.15, -0.1) is 0 Å². The molecule has 0 aliphatic carbocycles. The largest absolute Gasteiger partial charge is 0.416 e. The molecule has 202 valence electrons. The number of nitrogens with two attached hydrogens (primary N) is 1. The van der Waals surface area contributed by atoms with Crippen molar-refractivity contribution < 1.29 is 22.5 Å². The number of pyridine rings is 1. The van der Waals surface area contributed by atoms with Crippen molar-refractivity contribution in [3.05, 3.63) is 59.5 Å². The number of nitrogens with zero attached hydrogens (tertiary/aromatic N) is 6. The summed E-state index contributed by atoms with van der Waals surface area (Å²) in [6.45, 7) is 5.11. The van der Waals surface area contributed by atoms with E-state index in [1.54, 1.807) is 19.3 Å². The number of carbonyl (C=O) groups is 1. The SMILES string of the molecule is Cn1cc(-c2nc3c(-c4ccc(CNC(=O)c5nc(C(C)(C)C)no5)c(C(F)(F)F)c4)ccnc3[nH]2)c(N)n1. The molecule has 1 aromatic carbocycles. The molecule has 5 rings (SSSR count). The van der Waals surface area contributed by atoms with Crippen molar-refractivity contribution >= 4 is 22.9 Å². The maximum atomic E-state index is 14.1. The lowest BCUT2D eigenvalue weighted by Gasteiger charge is -2.15. The average Bonchev–Trinajstić information content (AvgIpc) is 3.59. The smallest absolute Gasteiger partial charge is 0.382 e. The molecule has 4 N–H and O–H groups in total. The molecule has 0 unspecified atom stereocenters. The van der Waals surface area contributed by atoms with Crippen molar-refractivity contribution in [1.82, 2.24) is 40.2 Å². The number of H-pyrrole nitrogens is 1. The first-order chi connectivity index (χ1) is 18.3. The summed E-state index contributed by atoms with van der Waals surface area (Å²) in [5.41, 5.74) is 6.46. The first-order valence-electron chi connectivity index (χ1n) is 11.8. The van der Waals surface area contributed by atoms with Crippen molar-refractivity contribution in [2.24, 2.45) is 7.05 Å². The zero-order valence-corrected chi connectivity index (χ0v) is 21.4. The molecule has 5 aromatic rings. The molecule has 0 fully saturated rings. The number of amides is 1. The number of fused-ring (bicyclic) bond motifs is 1. The van der Waals surface area contributed by atoms with Crippen LogP contribution in [0, 0.1) is 0 Å². The first kappa shape index (κ1) is 25.9. The maximum Gasteiger partial charge on any atom is 0.416 e. The zero-order chi connectivity index (χ0) is 28.1. The third-order valence-electron chi connectivity index (χ3n) is 5.95. The molecule has 4 aromatic heterocycles. The summed E-state index contributed by atoms with van der Waals surface area (Å²) in [7, 11) is 1.71. The van der Waals surface area contributed by atoms with Crippen LogP contribution in [0.25, 0.3) is 33.7 Å². The Morgan fingerprint density at radius 2 is 1.92 bits per heavy atom. The summed E-state index contributed by atoms with van der Waals surface area (Å²) in [6, 6.07) is 5.45. The number of anilines is 1. The molecule has 14 heteroatoms. The normalized spacial score (nSPS) is 12.3. The number of aromatic nitrogens is 7. The summed E-state index contributed by atoms with van der Waals surface area (Å²) < 4.78 is 48.8. The molecule has 1 amide bonds. The highest BCUT2D eigenvalue weighted by molar-refractivity contribution is 5.92. The van der Waals surface area contributed by atoms with Crippen LogP contribution in [0.15, 0.2) is 41.2 Å².